The van der Waals surface area contributed by atoms with E-state index in [0.717, 1.165) is 19.4 Å². The molecule has 100 valence electrons. The molecule has 1 aromatic heterocycles. The monoisotopic (exact) mass is 251 g/mol. The van der Waals surface area contributed by atoms with Crippen molar-refractivity contribution in [1.29, 1.82) is 0 Å². The average molecular weight is 251 g/mol. The number of nitrogens with zero attached hydrogens (tertiary/aromatic N) is 2. The van der Waals surface area contributed by atoms with Gasteiger partial charge < -0.3 is 14.6 Å². The molecule has 0 spiro atoms. The van der Waals surface area contributed by atoms with Gasteiger partial charge in [-0.1, -0.05) is 0 Å². The number of ether oxygens (including phenoxy) is 1. The van der Waals surface area contributed by atoms with Gasteiger partial charge in [0.1, 0.15) is 6.10 Å². The molecule has 18 heavy (non-hydrogen) atoms. The van der Waals surface area contributed by atoms with Gasteiger partial charge >= 0.3 is 5.56 Å². The molecule has 1 heterocycles. The fraction of sp³-hybridized carbons (Fsp3) is 0.692. The highest BCUT2D eigenvalue weighted by molar-refractivity contribution is 5.06. The van der Waals surface area contributed by atoms with Gasteiger partial charge in [-0.25, -0.2) is 4.98 Å². The van der Waals surface area contributed by atoms with Crippen LogP contribution in [0.15, 0.2) is 17.2 Å². The summed E-state index contributed by atoms with van der Waals surface area (Å²) in [4.78, 5) is 16.1. The molecule has 0 saturated heterocycles. The van der Waals surface area contributed by atoms with Crippen LogP contribution in [0.1, 0.15) is 32.7 Å². The van der Waals surface area contributed by atoms with E-state index in [1.54, 1.807) is 17.0 Å². The van der Waals surface area contributed by atoms with Crippen molar-refractivity contribution in [3.63, 3.8) is 0 Å². The summed E-state index contributed by atoms with van der Waals surface area (Å²) in [5.74, 6) is 0.898. The van der Waals surface area contributed by atoms with Crippen LogP contribution in [0, 0.1) is 5.92 Å². The highest BCUT2D eigenvalue weighted by Gasteiger charge is 2.31. The molecule has 1 aliphatic rings. The molecule has 1 N–H and O–H groups in total. The summed E-state index contributed by atoms with van der Waals surface area (Å²) in [6, 6.07) is 0.126. The molecule has 0 atom stereocenters. The van der Waals surface area contributed by atoms with Crippen LogP contribution in [0.25, 0.3) is 0 Å². The largest absolute Gasteiger partial charge is 0.470 e. The molecule has 0 amide bonds. The molecule has 2 rings (SSSR count). The predicted molar refractivity (Wildman–Crippen MR) is 69.9 cm³/mol. The molecule has 1 saturated carbocycles. The minimum Gasteiger partial charge on any atom is -0.470 e. The highest BCUT2D eigenvalue weighted by atomic mass is 16.5. The lowest BCUT2D eigenvalue weighted by atomic mass is 9.82. The Labute approximate surface area is 107 Å². The molecule has 0 aliphatic heterocycles. The van der Waals surface area contributed by atoms with Crippen molar-refractivity contribution in [2.45, 2.75) is 38.8 Å². The van der Waals surface area contributed by atoms with Crippen molar-refractivity contribution in [1.82, 2.24) is 14.9 Å². The molecule has 1 aromatic rings. The van der Waals surface area contributed by atoms with Crippen molar-refractivity contribution < 1.29 is 4.74 Å². The fourth-order valence-corrected chi connectivity index (χ4v) is 2.28. The first-order valence-electron chi connectivity index (χ1n) is 6.50. The average Bonchev–Trinajstić information content (AvgIpc) is 2.28. The van der Waals surface area contributed by atoms with Crippen LogP contribution in [0.2, 0.25) is 0 Å². The summed E-state index contributed by atoms with van der Waals surface area (Å²) < 4.78 is 7.32. The van der Waals surface area contributed by atoms with E-state index in [-0.39, 0.29) is 23.6 Å². The number of nitrogens with one attached hydrogen (secondary N) is 1. The topological polar surface area (TPSA) is 56.1 Å². The van der Waals surface area contributed by atoms with E-state index in [1.165, 1.54) is 0 Å². The zero-order valence-electron chi connectivity index (χ0n) is 11.2. The maximum absolute atomic E-state index is 12.1. The van der Waals surface area contributed by atoms with Crippen LogP contribution in [0.3, 0.4) is 0 Å². The molecule has 0 unspecified atom stereocenters. The Kier molecular flexibility index (Phi) is 4.01. The third kappa shape index (κ3) is 2.72. The van der Waals surface area contributed by atoms with E-state index in [1.807, 2.05) is 20.9 Å². The lowest BCUT2D eigenvalue weighted by Crippen LogP contribution is -2.40. The molecular weight excluding hydrogens is 230 g/mol. The van der Waals surface area contributed by atoms with E-state index >= 15 is 0 Å². The molecule has 0 bridgehead atoms. The van der Waals surface area contributed by atoms with E-state index in [4.69, 9.17) is 4.74 Å². The summed E-state index contributed by atoms with van der Waals surface area (Å²) in [5, 5.41) is 3.15. The zero-order chi connectivity index (χ0) is 13.1. The van der Waals surface area contributed by atoms with Gasteiger partial charge in [0.25, 0.3) is 5.88 Å². The Morgan fingerprint density at radius 3 is 2.89 bits per heavy atom. The van der Waals surface area contributed by atoms with Crippen molar-refractivity contribution in [3.8, 4) is 5.88 Å². The van der Waals surface area contributed by atoms with Gasteiger partial charge in [0.15, 0.2) is 0 Å². The van der Waals surface area contributed by atoms with Crippen LogP contribution < -0.4 is 15.6 Å². The molecule has 1 aliphatic carbocycles. The van der Waals surface area contributed by atoms with Crippen LogP contribution in [-0.4, -0.2) is 29.2 Å². The molecule has 1 fully saturated rings. The smallest absolute Gasteiger partial charge is 0.313 e. The standard InChI is InChI=1S/C13H21N3O2/c1-9(2)16-5-4-15-12(13(16)17)18-11-6-10(7-11)8-14-3/h4-5,9-11,14H,6-8H2,1-3H3. The minimum atomic E-state index is -0.135. The van der Waals surface area contributed by atoms with Gasteiger partial charge in [-0.3, -0.25) is 4.79 Å². The second-order valence-corrected chi connectivity index (χ2v) is 5.17. The Balaban J connectivity index is 1.99. The van der Waals surface area contributed by atoms with Crippen LogP contribution in [-0.2, 0) is 0 Å². The quantitative estimate of drug-likeness (QED) is 0.854. The van der Waals surface area contributed by atoms with Crippen molar-refractivity contribution >= 4 is 0 Å². The third-order valence-electron chi connectivity index (χ3n) is 3.36. The Morgan fingerprint density at radius 2 is 2.28 bits per heavy atom. The predicted octanol–water partition coefficient (Wildman–Crippen LogP) is 1.20. The minimum absolute atomic E-state index is 0.126. The maximum Gasteiger partial charge on any atom is 0.313 e. The summed E-state index contributed by atoms with van der Waals surface area (Å²) in [7, 11) is 1.95. The lowest BCUT2D eigenvalue weighted by molar-refractivity contribution is 0.0595. The molecule has 0 radical (unpaired) electrons. The summed E-state index contributed by atoms with van der Waals surface area (Å²) in [6.07, 6.45) is 5.47. The normalized spacial score (nSPS) is 22.9. The summed E-state index contributed by atoms with van der Waals surface area (Å²) >= 11 is 0. The van der Waals surface area contributed by atoms with Gasteiger partial charge in [-0.15, -0.1) is 0 Å². The number of hydrogen-bond acceptors (Lipinski definition) is 4. The second-order valence-electron chi connectivity index (χ2n) is 5.17. The third-order valence-corrected chi connectivity index (χ3v) is 3.36. The van der Waals surface area contributed by atoms with Crippen molar-refractivity contribution in [3.05, 3.63) is 22.7 Å². The van der Waals surface area contributed by atoms with E-state index < -0.39 is 0 Å². The van der Waals surface area contributed by atoms with Crippen LogP contribution in [0.4, 0.5) is 0 Å². The summed E-state index contributed by atoms with van der Waals surface area (Å²) in [5.41, 5.74) is -0.135. The Hall–Kier alpha value is -1.36. The van der Waals surface area contributed by atoms with Gasteiger partial charge in [-0.2, -0.15) is 0 Å². The first-order valence-corrected chi connectivity index (χ1v) is 6.50. The van der Waals surface area contributed by atoms with E-state index in [9.17, 15) is 4.79 Å². The van der Waals surface area contributed by atoms with Gasteiger partial charge in [0.05, 0.1) is 0 Å². The first kappa shape index (κ1) is 13.1. The van der Waals surface area contributed by atoms with E-state index in [2.05, 4.69) is 10.3 Å². The number of hydrogen-bond donors (Lipinski definition) is 1. The van der Waals surface area contributed by atoms with Gasteiger partial charge in [0.2, 0.25) is 0 Å². The van der Waals surface area contributed by atoms with Gasteiger partial charge in [-0.05, 0) is 46.2 Å². The second kappa shape index (κ2) is 5.52. The SMILES string of the molecule is CNCC1CC(Oc2nccn(C(C)C)c2=O)C1. The van der Waals surface area contributed by atoms with E-state index in [0.29, 0.717) is 5.92 Å². The van der Waals surface area contributed by atoms with Crippen LogP contribution >= 0.6 is 0 Å². The maximum atomic E-state index is 12.1. The Morgan fingerprint density at radius 1 is 1.56 bits per heavy atom. The van der Waals surface area contributed by atoms with Crippen molar-refractivity contribution in [2.75, 3.05) is 13.6 Å². The fourth-order valence-electron chi connectivity index (χ4n) is 2.28. The lowest BCUT2D eigenvalue weighted by Gasteiger charge is -2.34. The molecule has 0 aromatic carbocycles. The first-order chi connectivity index (χ1) is 8.61. The van der Waals surface area contributed by atoms with Crippen molar-refractivity contribution in [2.24, 2.45) is 5.92 Å². The zero-order valence-corrected chi connectivity index (χ0v) is 11.2. The highest BCUT2D eigenvalue weighted by Crippen LogP contribution is 2.29. The molecule has 5 heteroatoms. The summed E-state index contributed by atoms with van der Waals surface area (Å²) in [6.45, 7) is 4.95. The Bertz CT molecular complexity index is 450. The van der Waals surface area contributed by atoms with Crippen LogP contribution in [0.5, 0.6) is 5.88 Å². The molecular formula is C13H21N3O2. The number of rotatable bonds is 5. The molecule has 5 nitrogen and oxygen atoms in total. The number of aromatic nitrogens is 2. The van der Waals surface area contributed by atoms with Gasteiger partial charge in [0, 0.05) is 18.4 Å².